The Bertz CT molecular complexity index is 570. The fraction of sp³-hybridized carbons (Fsp3) is 0.250. The zero-order chi connectivity index (χ0) is 15.1. The molecule has 0 saturated carbocycles. The van der Waals surface area contributed by atoms with Crippen LogP contribution in [0.1, 0.15) is 25.5 Å². The molecule has 1 unspecified atom stereocenters. The summed E-state index contributed by atoms with van der Waals surface area (Å²) >= 11 is 0. The number of aromatic nitrogens is 1. The molecular formula is C16H19N3O2. The molecular weight excluding hydrogens is 266 g/mol. The Morgan fingerprint density at radius 2 is 2.00 bits per heavy atom. The molecule has 5 nitrogen and oxygen atoms in total. The van der Waals surface area contributed by atoms with Gasteiger partial charge in [0.1, 0.15) is 5.82 Å². The fourth-order valence-electron chi connectivity index (χ4n) is 1.89. The molecule has 1 aromatic carbocycles. The molecule has 0 aliphatic heterocycles. The third kappa shape index (κ3) is 4.49. The van der Waals surface area contributed by atoms with Gasteiger partial charge in [-0.25, -0.2) is 9.78 Å². The Kier molecular flexibility index (Phi) is 5.15. The number of benzene rings is 1. The minimum atomic E-state index is -0.474. The number of carbonyl (C=O) groups is 1. The SMILES string of the molecule is CCOC(=O)Nc1ccc(NC(C)c2ccccc2)nc1. The predicted molar refractivity (Wildman–Crippen MR) is 83.4 cm³/mol. The smallest absolute Gasteiger partial charge is 0.411 e. The van der Waals surface area contributed by atoms with Crippen molar-refractivity contribution in [3.63, 3.8) is 0 Å². The van der Waals surface area contributed by atoms with Gasteiger partial charge in [0.2, 0.25) is 0 Å². The maximum absolute atomic E-state index is 11.3. The zero-order valence-electron chi connectivity index (χ0n) is 12.2. The largest absolute Gasteiger partial charge is 0.450 e. The van der Waals surface area contributed by atoms with Crippen LogP contribution < -0.4 is 10.6 Å². The van der Waals surface area contributed by atoms with Crippen LogP contribution in [0, 0.1) is 0 Å². The second-order valence-electron chi connectivity index (χ2n) is 4.55. The highest BCUT2D eigenvalue weighted by Gasteiger charge is 2.06. The van der Waals surface area contributed by atoms with E-state index in [1.54, 1.807) is 19.2 Å². The van der Waals surface area contributed by atoms with Crippen molar-refractivity contribution in [3.05, 3.63) is 54.2 Å². The summed E-state index contributed by atoms with van der Waals surface area (Å²) in [4.78, 5) is 15.6. The van der Waals surface area contributed by atoms with Crippen molar-refractivity contribution in [3.8, 4) is 0 Å². The predicted octanol–water partition coefficient (Wildman–Crippen LogP) is 3.82. The van der Waals surface area contributed by atoms with Crippen molar-refractivity contribution in [1.29, 1.82) is 0 Å². The van der Waals surface area contributed by atoms with Crippen LogP contribution in [0.2, 0.25) is 0 Å². The first-order valence-electron chi connectivity index (χ1n) is 6.90. The lowest BCUT2D eigenvalue weighted by Crippen LogP contribution is -2.13. The van der Waals surface area contributed by atoms with Gasteiger partial charge in [-0.15, -0.1) is 0 Å². The summed E-state index contributed by atoms with van der Waals surface area (Å²) < 4.78 is 4.80. The number of amides is 1. The third-order valence-corrected chi connectivity index (χ3v) is 2.95. The number of carbonyl (C=O) groups excluding carboxylic acids is 1. The average molecular weight is 285 g/mol. The second kappa shape index (κ2) is 7.28. The van der Waals surface area contributed by atoms with Gasteiger partial charge >= 0.3 is 6.09 Å². The molecule has 0 fully saturated rings. The molecule has 21 heavy (non-hydrogen) atoms. The first-order valence-corrected chi connectivity index (χ1v) is 6.90. The summed E-state index contributed by atoms with van der Waals surface area (Å²) in [7, 11) is 0. The molecule has 0 aliphatic rings. The molecule has 2 aromatic rings. The van der Waals surface area contributed by atoms with Crippen LogP contribution in [0.25, 0.3) is 0 Å². The number of pyridine rings is 1. The van der Waals surface area contributed by atoms with Gasteiger partial charge in [-0.1, -0.05) is 30.3 Å². The van der Waals surface area contributed by atoms with E-state index in [9.17, 15) is 4.79 Å². The van der Waals surface area contributed by atoms with Crippen LogP contribution in [0.5, 0.6) is 0 Å². The van der Waals surface area contributed by atoms with Crippen molar-refractivity contribution in [2.45, 2.75) is 19.9 Å². The molecule has 1 atom stereocenters. The summed E-state index contributed by atoms with van der Waals surface area (Å²) in [5.74, 6) is 0.751. The monoisotopic (exact) mass is 285 g/mol. The molecule has 2 N–H and O–H groups in total. The minimum Gasteiger partial charge on any atom is -0.450 e. The molecule has 0 saturated heterocycles. The highest BCUT2D eigenvalue weighted by molar-refractivity contribution is 5.84. The van der Waals surface area contributed by atoms with E-state index in [0.717, 1.165) is 5.82 Å². The van der Waals surface area contributed by atoms with Crippen molar-refractivity contribution >= 4 is 17.6 Å². The maximum atomic E-state index is 11.3. The van der Waals surface area contributed by atoms with E-state index >= 15 is 0 Å². The number of nitrogens with zero attached hydrogens (tertiary/aromatic N) is 1. The Labute approximate surface area is 124 Å². The lowest BCUT2D eigenvalue weighted by Gasteiger charge is -2.15. The summed E-state index contributed by atoms with van der Waals surface area (Å²) in [6.45, 7) is 4.17. The first kappa shape index (κ1) is 14.8. The highest BCUT2D eigenvalue weighted by atomic mass is 16.5. The number of nitrogens with one attached hydrogen (secondary N) is 2. The van der Waals surface area contributed by atoms with E-state index in [2.05, 4.69) is 34.7 Å². The van der Waals surface area contributed by atoms with Crippen molar-refractivity contribution in [2.24, 2.45) is 0 Å². The lowest BCUT2D eigenvalue weighted by atomic mass is 10.1. The number of ether oxygens (including phenoxy) is 1. The van der Waals surface area contributed by atoms with Gasteiger partial charge < -0.3 is 10.1 Å². The second-order valence-corrected chi connectivity index (χ2v) is 4.55. The molecule has 1 amide bonds. The van der Waals surface area contributed by atoms with Crippen molar-refractivity contribution in [1.82, 2.24) is 4.98 Å². The van der Waals surface area contributed by atoms with Crippen LogP contribution in [-0.2, 0) is 4.74 Å². The van der Waals surface area contributed by atoms with Crippen LogP contribution in [0.3, 0.4) is 0 Å². The first-order chi connectivity index (χ1) is 10.2. The van der Waals surface area contributed by atoms with Gasteiger partial charge in [0.05, 0.1) is 18.5 Å². The van der Waals surface area contributed by atoms with E-state index < -0.39 is 6.09 Å². The molecule has 0 aliphatic carbocycles. The standard InChI is InChI=1S/C16H19N3O2/c1-3-21-16(20)19-14-9-10-15(17-11-14)18-12(2)13-7-5-4-6-8-13/h4-12H,3H2,1-2H3,(H,17,18)(H,19,20). The molecule has 5 heteroatoms. The van der Waals surface area contributed by atoms with Gasteiger partial charge in [-0.3, -0.25) is 5.32 Å². The van der Waals surface area contributed by atoms with Gasteiger partial charge in [0.25, 0.3) is 0 Å². The third-order valence-electron chi connectivity index (χ3n) is 2.95. The number of hydrogen-bond donors (Lipinski definition) is 2. The summed E-state index contributed by atoms with van der Waals surface area (Å²) in [6.07, 6.45) is 1.12. The van der Waals surface area contributed by atoms with Crippen LogP contribution in [0.4, 0.5) is 16.3 Å². The van der Waals surface area contributed by atoms with Crippen LogP contribution in [0.15, 0.2) is 48.7 Å². The normalized spacial score (nSPS) is 11.5. The highest BCUT2D eigenvalue weighted by Crippen LogP contribution is 2.18. The van der Waals surface area contributed by atoms with E-state index in [-0.39, 0.29) is 6.04 Å². The molecule has 0 radical (unpaired) electrons. The topological polar surface area (TPSA) is 63.2 Å². The van der Waals surface area contributed by atoms with Gasteiger partial charge in [0.15, 0.2) is 0 Å². The van der Waals surface area contributed by atoms with Gasteiger partial charge in [-0.05, 0) is 31.5 Å². The summed E-state index contributed by atoms with van der Waals surface area (Å²) in [6, 6.07) is 13.9. The van der Waals surface area contributed by atoms with E-state index in [1.807, 2.05) is 24.3 Å². The van der Waals surface area contributed by atoms with Crippen molar-refractivity contribution < 1.29 is 9.53 Å². The lowest BCUT2D eigenvalue weighted by molar-refractivity contribution is 0.168. The van der Waals surface area contributed by atoms with E-state index in [0.29, 0.717) is 12.3 Å². The Morgan fingerprint density at radius 1 is 1.24 bits per heavy atom. The van der Waals surface area contributed by atoms with Crippen LogP contribution >= 0.6 is 0 Å². The Hall–Kier alpha value is -2.56. The molecule has 0 spiro atoms. The quantitative estimate of drug-likeness (QED) is 0.876. The van der Waals surface area contributed by atoms with Gasteiger partial charge in [0, 0.05) is 6.04 Å². The number of anilines is 2. The Balaban J connectivity index is 1.95. The van der Waals surface area contributed by atoms with Gasteiger partial charge in [-0.2, -0.15) is 0 Å². The number of rotatable bonds is 5. The van der Waals surface area contributed by atoms with Crippen LogP contribution in [-0.4, -0.2) is 17.7 Å². The Morgan fingerprint density at radius 3 is 2.62 bits per heavy atom. The number of hydrogen-bond acceptors (Lipinski definition) is 4. The summed E-state index contributed by atoms with van der Waals surface area (Å²) in [5, 5.41) is 5.91. The van der Waals surface area contributed by atoms with E-state index in [4.69, 9.17) is 4.74 Å². The molecule has 1 aromatic heterocycles. The fourth-order valence-corrected chi connectivity index (χ4v) is 1.89. The maximum Gasteiger partial charge on any atom is 0.411 e. The molecule has 2 rings (SSSR count). The molecule has 0 bridgehead atoms. The van der Waals surface area contributed by atoms with Crippen molar-refractivity contribution in [2.75, 3.05) is 17.2 Å². The summed E-state index contributed by atoms with van der Waals surface area (Å²) in [5.41, 5.74) is 1.79. The zero-order valence-corrected chi connectivity index (χ0v) is 12.2. The molecule has 110 valence electrons. The molecule has 1 heterocycles. The average Bonchev–Trinajstić information content (AvgIpc) is 2.50. The minimum absolute atomic E-state index is 0.155. The van der Waals surface area contributed by atoms with E-state index in [1.165, 1.54) is 5.56 Å².